The average Bonchev–Trinajstić information content (AvgIpc) is 2.44. The Morgan fingerprint density at radius 2 is 1.80 bits per heavy atom. The highest BCUT2D eigenvalue weighted by atomic mass is 16.2. The molecule has 6 nitrogen and oxygen atoms in total. The molecular formula is C14H19N3O3. The molecule has 0 heterocycles. The van der Waals surface area contributed by atoms with Gasteiger partial charge in [-0.2, -0.15) is 0 Å². The van der Waals surface area contributed by atoms with Crippen molar-refractivity contribution >= 4 is 17.7 Å². The lowest BCUT2D eigenvalue weighted by Crippen LogP contribution is -2.49. The number of hydrogen-bond donors (Lipinski definition) is 3. The van der Waals surface area contributed by atoms with Crippen LogP contribution >= 0.6 is 0 Å². The molecule has 6 heteroatoms. The molecule has 0 aliphatic rings. The van der Waals surface area contributed by atoms with E-state index in [1.807, 2.05) is 30.3 Å². The maximum Gasteiger partial charge on any atom is 0.243 e. The lowest BCUT2D eigenvalue weighted by molar-refractivity contribution is -0.129. The van der Waals surface area contributed by atoms with E-state index in [-0.39, 0.29) is 24.3 Å². The summed E-state index contributed by atoms with van der Waals surface area (Å²) in [5.74, 6) is -0.965. The zero-order valence-electron chi connectivity index (χ0n) is 11.6. The lowest BCUT2D eigenvalue weighted by atomic mass is 10.1. The van der Waals surface area contributed by atoms with E-state index < -0.39 is 6.04 Å². The summed E-state index contributed by atoms with van der Waals surface area (Å²) in [5.41, 5.74) is 0.932. The highest BCUT2D eigenvalue weighted by Gasteiger charge is 2.20. The molecule has 3 amide bonds. The van der Waals surface area contributed by atoms with Crippen molar-refractivity contribution in [3.63, 3.8) is 0 Å². The fourth-order valence-electron chi connectivity index (χ4n) is 1.68. The molecule has 0 saturated heterocycles. The normalized spacial score (nSPS) is 11.3. The Morgan fingerprint density at radius 3 is 2.35 bits per heavy atom. The Labute approximate surface area is 117 Å². The fourth-order valence-corrected chi connectivity index (χ4v) is 1.68. The highest BCUT2D eigenvalue weighted by molar-refractivity contribution is 5.90. The third-order valence-corrected chi connectivity index (χ3v) is 2.68. The SMILES string of the molecule is CNC(=O)CNC(=O)C(Cc1ccccc1)NC(C)=O. The number of rotatable bonds is 6. The quantitative estimate of drug-likeness (QED) is 0.661. The van der Waals surface area contributed by atoms with E-state index in [0.29, 0.717) is 6.42 Å². The van der Waals surface area contributed by atoms with Gasteiger partial charge in [0, 0.05) is 20.4 Å². The Bertz CT molecular complexity index is 474. The van der Waals surface area contributed by atoms with Crippen molar-refractivity contribution in [3.8, 4) is 0 Å². The summed E-state index contributed by atoms with van der Waals surface area (Å²) < 4.78 is 0. The summed E-state index contributed by atoms with van der Waals surface area (Å²) in [7, 11) is 1.49. The molecule has 0 aliphatic heterocycles. The van der Waals surface area contributed by atoms with Crippen molar-refractivity contribution in [3.05, 3.63) is 35.9 Å². The largest absolute Gasteiger partial charge is 0.358 e. The van der Waals surface area contributed by atoms with Gasteiger partial charge in [-0.1, -0.05) is 30.3 Å². The van der Waals surface area contributed by atoms with E-state index in [0.717, 1.165) is 5.56 Å². The van der Waals surface area contributed by atoms with Gasteiger partial charge in [0.15, 0.2) is 0 Å². The molecular weight excluding hydrogens is 258 g/mol. The topological polar surface area (TPSA) is 87.3 Å². The van der Waals surface area contributed by atoms with E-state index in [2.05, 4.69) is 16.0 Å². The number of likely N-dealkylation sites (N-methyl/N-ethyl adjacent to an activating group) is 1. The van der Waals surface area contributed by atoms with Crippen LogP contribution in [-0.2, 0) is 20.8 Å². The van der Waals surface area contributed by atoms with Gasteiger partial charge in [0.1, 0.15) is 6.04 Å². The van der Waals surface area contributed by atoms with Gasteiger partial charge in [0.05, 0.1) is 6.54 Å². The molecule has 0 saturated carbocycles. The van der Waals surface area contributed by atoms with Crippen LogP contribution in [0.25, 0.3) is 0 Å². The summed E-state index contributed by atoms with van der Waals surface area (Å²) >= 11 is 0. The maximum atomic E-state index is 12.0. The molecule has 0 radical (unpaired) electrons. The predicted octanol–water partition coefficient (Wildman–Crippen LogP) is -0.404. The van der Waals surface area contributed by atoms with Crippen LogP contribution in [-0.4, -0.2) is 37.4 Å². The molecule has 0 spiro atoms. The monoisotopic (exact) mass is 277 g/mol. The van der Waals surface area contributed by atoms with Crippen LogP contribution in [0.3, 0.4) is 0 Å². The Morgan fingerprint density at radius 1 is 1.15 bits per heavy atom. The Kier molecular flexibility index (Phi) is 6.22. The minimum absolute atomic E-state index is 0.111. The van der Waals surface area contributed by atoms with Crippen molar-refractivity contribution in [1.29, 1.82) is 0 Å². The summed E-state index contributed by atoms with van der Waals surface area (Å²) in [5, 5.41) is 7.49. The smallest absolute Gasteiger partial charge is 0.243 e. The van der Waals surface area contributed by atoms with Crippen molar-refractivity contribution < 1.29 is 14.4 Å². The van der Waals surface area contributed by atoms with E-state index in [9.17, 15) is 14.4 Å². The molecule has 1 aromatic rings. The molecule has 0 fully saturated rings. The van der Waals surface area contributed by atoms with E-state index in [1.54, 1.807) is 0 Å². The zero-order valence-corrected chi connectivity index (χ0v) is 11.6. The Balaban J connectivity index is 2.66. The summed E-state index contributed by atoms with van der Waals surface area (Å²) in [6, 6.07) is 8.66. The summed E-state index contributed by atoms with van der Waals surface area (Å²) in [6.45, 7) is 1.24. The molecule has 1 aromatic carbocycles. The molecule has 20 heavy (non-hydrogen) atoms. The third-order valence-electron chi connectivity index (χ3n) is 2.68. The van der Waals surface area contributed by atoms with E-state index in [4.69, 9.17) is 0 Å². The van der Waals surface area contributed by atoms with Gasteiger partial charge in [-0.15, -0.1) is 0 Å². The fraction of sp³-hybridized carbons (Fsp3) is 0.357. The van der Waals surface area contributed by atoms with Crippen LogP contribution in [0.15, 0.2) is 30.3 Å². The molecule has 1 rings (SSSR count). The van der Waals surface area contributed by atoms with Gasteiger partial charge in [-0.25, -0.2) is 0 Å². The van der Waals surface area contributed by atoms with Crippen LogP contribution in [0.1, 0.15) is 12.5 Å². The van der Waals surface area contributed by atoms with Crippen LogP contribution in [0.4, 0.5) is 0 Å². The summed E-state index contributed by atoms with van der Waals surface area (Å²) in [4.78, 5) is 34.3. The molecule has 0 bridgehead atoms. The van der Waals surface area contributed by atoms with Crippen molar-refractivity contribution in [1.82, 2.24) is 16.0 Å². The van der Waals surface area contributed by atoms with Gasteiger partial charge in [0.2, 0.25) is 17.7 Å². The highest BCUT2D eigenvalue weighted by Crippen LogP contribution is 2.03. The predicted molar refractivity (Wildman–Crippen MR) is 74.8 cm³/mol. The first-order chi connectivity index (χ1) is 9.52. The number of nitrogens with one attached hydrogen (secondary N) is 3. The number of hydrogen-bond acceptors (Lipinski definition) is 3. The zero-order chi connectivity index (χ0) is 15.0. The lowest BCUT2D eigenvalue weighted by Gasteiger charge is -2.17. The Hall–Kier alpha value is -2.37. The minimum atomic E-state index is -0.695. The van der Waals surface area contributed by atoms with Gasteiger partial charge in [-0.05, 0) is 5.56 Å². The van der Waals surface area contributed by atoms with Crippen LogP contribution in [0.5, 0.6) is 0 Å². The average molecular weight is 277 g/mol. The first kappa shape index (κ1) is 15.7. The van der Waals surface area contributed by atoms with E-state index >= 15 is 0 Å². The first-order valence-electron chi connectivity index (χ1n) is 6.32. The number of carbonyl (C=O) groups excluding carboxylic acids is 3. The second-order valence-electron chi connectivity index (χ2n) is 4.33. The molecule has 1 atom stereocenters. The molecule has 108 valence electrons. The van der Waals surface area contributed by atoms with Crippen molar-refractivity contribution in [2.75, 3.05) is 13.6 Å². The standard InChI is InChI=1S/C14H19N3O3/c1-10(18)17-12(8-11-6-4-3-5-7-11)14(20)16-9-13(19)15-2/h3-7,12H,8-9H2,1-2H3,(H,15,19)(H,16,20)(H,17,18). The number of amides is 3. The van der Waals surface area contributed by atoms with E-state index in [1.165, 1.54) is 14.0 Å². The van der Waals surface area contributed by atoms with Crippen LogP contribution < -0.4 is 16.0 Å². The minimum Gasteiger partial charge on any atom is -0.358 e. The van der Waals surface area contributed by atoms with Crippen molar-refractivity contribution in [2.24, 2.45) is 0 Å². The second-order valence-corrected chi connectivity index (χ2v) is 4.33. The van der Waals surface area contributed by atoms with Gasteiger partial charge in [0.25, 0.3) is 0 Å². The maximum absolute atomic E-state index is 12.0. The molecule has 1 unspecified atom stereocenters. The second kappa shape index (κ2) is 7.93. The van der Waals surface area contributed by atoms with Crippen LogP contribution in [0.2, 0.25) is 0 Å². The summed E-state index contributed by atoms with van der Waals surface area (Å²) in [6.07, 6.45) is 0.375. The van der Waals surface area contributed by atoms with Gasteiger partial charge < -0.3 is 16.0 Å². The third kappa shape index (κ3) is 5.51. The van der Waals surface area contributed by atoms with Gasteiger partial charge >= 0.3 is 0 Å². The van der Waals surface area contributed by atoms with Gasteiger partial charge in [-0.3, -0.25) is 14.4 Å². The van der Waals surface area contributed by atoms with Crippen molar-refractivity contribution in [2.45, 2.75) is 19.4 Å². The first-order valence-corrected chi connectivity index (χ1v) is 6.32. The number of benzene rings is 1. The molecule has 0 aromatic heterocycles. The molecule has 3 N–H and O–H groups in total. The molecule has 0 aliphatic carbocycles. The number of carbonyl (C=O) groups is 3. The van der Waals surface area contributed by atoms with Crippen LogP contribution in [0, 0.1) is 0 Å².